The molecule has 21 heavy (non-hydrogen) atoms. The molecule has 1 aromatic carbocycles. The molecule has 1 aromatic rings. The third-order valence-corrected chi connectivity index (χ3v) is 2.46. The molecule has 1 rings (SSSR count). The zero-order valence-electron chi connectivity index (χ0n) is 10.7. The summed E-state index contributed by atoms with van der Waals surface area (Å²) in [4.78, 5) is 11.4. The quantitative estimate of drug-likeness (QED) is 0.813. The van der Waals surface area contributed by atoms with Crippen molar-refractivity contribution in [2.75, 3.05) is 13.1 Å². The molecule has 0 spiro atoms. The fourth-order valence-corrected chi connectivity index (χ4v) is 1.41. The van der Waals surface area contributed by atoms with Crippen LogP contribution in [0.1, 0.15) is 11.1 Å². The molecule has 0 aromatic heterocycles. The van der Waals surface area contributed by atoms with Gasteiger partial charge in [-0.05, 0) is 11.6 Å². The number of nitrogens with two attached hydrogens (primary N) is 1. The fourth-order valence-electron chi connectivity index (χ4n) is 1.41. The molecule has 3 nitrogen and oxygen atoms in total. The van der Waals surface area contributed by atoms with E-state index < -0.39 is 43.1 Å². The molecule has 0 aliphatic heterocycles. The molecule has 0 radical (unpaired) electrons. The molecule has 0 saturated heterocycles. The maximum absolute atomic E-state index is 12.8. The first-order chi connectivity index (χ1) is 9.14. The van der Waals surface area contributed by atoms with Crippen LogP contribution in [-0.4, -0.2) is 24.9 Å². The van der Waals surface area contributed by atoms with Crippen LogP contribution in [0, 0.1) is 0 Å². The van der Waals surface area contributed by atoms with E-state index in [1.807, 2.05) is 5.32 Å². The predicted molar refractivity (Wildman–Crippen MR) is 69.4 cm³/mol. The summed E-state index contributed by atoms with van der Waals surface area (Å²) in [6, 6.07) is 4.14. The maximum Gasteiger partial charge on any atom is 0.416 e. The molecule has 0 aliphatic carbocycles. The lowest BCUT2D eigenvalue weighted by Gasteiger charge is -2.14. The van der Waals surface area contributed by atoms with Crippen LogP contribution in [0.15, 0.2) is 24.3 Å². The molecule has 0 fully saturated rings. The van der Waals surface area contributed by atoms with E-state index in [2.05, 4.69) is 0 Å². The minimum Gasteiger partial charge on any atom is -0.350 e. The van der Waals surface area contributed by atoms with Gasteiger partial charge in [0.15, 0.2) is 0 Å². The van der Waals surface area contributed by atoms with E-state index in [0.29, 0.717) is 0 Å². The Morgan fingerprint density at radius 2 is 1.81 bits per heavy atom. The lowest BCUT2D eigenvalue weighted by atomic mass is 10.1. The van der Waals surface area contributed by atoms with Crippen molar-refractivity contribution in [1.82, 2.24) is 5.32 Å². The number of nitrogens with one attached hydrogen (secondary N) is 1. The number of hydrogen-bond acceptors (Lipinski definition) is 2. The molecule has 0 saturated carbocycles. The van der Waals surface area contributed by atoms with E-state index in [-0.39, 0.29) is 18.0 Å². The van der Waals surface area contributed by atoms with Gasteiger partial charge in [-0.2, -0.15) is 13.2 Å². The third-order valence-electron chi connectivity index (χ3n) is 2.46. The van der Waals surface area contributed by atoms with Crippen LogP contribution in [0.3, 0.4) is 0 Å². The van der Waals surface area contributed by atoms with Gasteiger partial charge in [0.1, 0.15) is 0 Å². The summed E-state index contributed by atoms with van der Waals surface area (Å²) in [6.45, 7) is -1.86. The molecule has 0 bridgehead atoms. The molecular formula is C12H14ClF5N2O. The van der Waals surface area contributed by atoms with Gasteiger partial charge >= 0.3 is 6.18 Å². The summed E-state index contributed by atoms with van der Waals surface area (Å²) in [5, 5.41) is 1.93. The Morgan fingerprint density at radius 3 is 2.33 bits per heavy atom. The van der Waals surface area contributed by atoms with Gasteiger partial charge in [0.2, 0.25) is 5.91 Å². The number of carbonyl (C=O) groups excluding carboxylic acids is 1. The summed E-state index contributed by atoms with van der Waals surface area (Å²) < 4.78 is 62.9. The Kier molecular flexibility index (Phi) is 7.05. The highest BCUT2D eigenvalue weighted by Crippen LogP contribution is 2.29. The lowest BCUT2D eigenvalue weighted by Crippen LogP contribution is -2.42. The highest BCUT2D eigenvalue weighted by molar-refractivity contribution is 5.85. The standard InChI is InChI=1S/C12H13F5N2O.ClH/c13-11(14,6-18)7-19-10(20)5-8-2-1-3-9(4-8)12(15,16)17;/h1-4H,5-7,18H2,(H,19,20);1H. The van der Waals surface area contributed by atoms with Crippen molar-refractivity contribution in [1.29, 1.82) is 0 Å². The van der Waals surface area contributed by atoms with E-state index in [4.69, 9.17) is 5.73 Å². The van der Waals surface area contributed by atoms with Crippen molar-refractivity contribution in [2.45, 2.75) is 18.5 Å². The fraction of sp³-hybridized carbons (Fsp3) is 0.417. The maximum atomic E-state index is 12.8. The van der Waals surface area contributed by atoms with E-state index in [0.717, 1.165) is 18.2 Å². The number of rotatable bonds is 5. The van der Waals surface area contributed by atoms with Crippen LogP contribution in [0.4, 0.5) is 22.0 Å². The van der Waals surface area contributed by atoms with Crippen LogP contribution in [-0.2, 0) is 17.4 Å². The molecule has 0 heterocycles. The number of hydrogen-bond donors (Lipinski definition) is 2. The van der Waals surface area contributed by atoms with E-state index in [1.54, 1.807) is 0 Å². The largest absolute Gasteiger partial charge is 0.416 e. The van der Waals surface area contributed by atoms with Crippen molar-refractivity contribution in [3.63, 3.8) is 0 Å². The Bertz CT molecular complexity index is 479. The Labute approximate surface area is 124 Å². The Morgan fingerprint density at radius 1 is 1.19 bits per heavy atom. The molecule has 120 valence electrons. The zero-order valence-corrected chi connectivity index (χ0v) is 11.5. The number of carbonyl (C=O) groups is 1. The number of benzene rings is 1. The van der Waals surface area contributed by atoms with Crippen LogP contribution < -0.4 is 11.1 Å². The summed E-state index contributed by atoms with van der Waals surface area (Å²) >= 11 is 0. The average molecular weight is 333 g/mol. The minimum atomic E-state index is -4.51. The van der Waals surface area contributed by atoms with Crippen LogP contribution in [0.2, 0.25) is 0 Å². The van der Waals surface area contributed by atoms with Crippen molar-refractivity contribution in [3.05, 3.63) is 35.4 Å². The summed E-state index contributed by atoms with van der Waals surface area (Å²) in [6.07, 6.45) is -4.93. The molecular weight excluding hydrogens is 319 g/mol. The summed E-state index contributed by atoms with van der Waals surface area (Å²) in [7, 11) is 0. The van der Waals surface area contributed by atoms with E-state index in [1.165, 1.54) is 6.07 Å². The second-order valence-corrected chi connectivity index (χ2v) is 4.21. The second-order valence-electron chi connectivity index (χ2n) is 4.21. The van der Waals surface area contributed by atoms with Crippen molar-refractivity contribution >= 4 is 18.3 Å². The highest BCUT2D eigenvalue weighted by atomic mass is 35.5. The van der Waals surface area contributed by atoms with Crippen molar-refractivity contribution < 1.29 is 26.7 Å². The van der Waals surface area contributed by atoms with Gasteiger partial charge in [-0.1, -0.05) is 18.2 Å². The van der Waals surface area contributed by atoms with Gasteiger partial charge in [-0.15, -0.1) is 12.4 Å². The smallest absolute Gasteiger partial charge is 0.350 e. The van der Waals surface area contributed by atoms with E-state index in [9.17, 15) is 26.7 Å². The van der Waals surface area contributed by atoms with Gasteiger partial charge in [0.25, 0.3) is 5.92 Å². The average Bonchev–Trinajstić information content (AvgIpc) is 2.36. The third kappa shape index (κ3) is 6.72. The molecule has 1 amide bonds. The zero-order chi connectivity index (χ0) is 15.4. The van der Waals surface area contributed by atoms with Crippen LogP contribution in [0.5, 0.6) is 0 Å². The monoisotopic (exact) mass is 332 g/mol. The van der Waals surface area contributed by atoms with Gasteiger partial charge in [-0.3, -0.25) is 4.79 Å². The molecule has 3 N–H and O–H groups in total. The Hall–Kier alpha value is -1.41. The van der Waals surface area contributed by atoms with E-state index >= 15 is 0 Å². The molecule has 0 aliphatic rings. The number of alkyl halides is 5. The highest BCUT2D eigenvalue weighted by Gasteiger charge is 2.30. The van der Waals surface area contributed by atoms with Gasteiger partial charge in [0.05, 0.1) is 25.1 Å². The van der Waals surface area contributed by atoms with Crippen molar-refractivity contribution in [3.8, 4) is 0 Å². The van der Waals surface area contributed by atoms with Crippen LogP contribution >= 0.6 is 12.4 Å². The lowest BCUT2D eigenvalue weighted by molar-refractivity contribution is -0.137. The first kappa shape index (κ1) is 19.6. The molecule has 0 unspecified atom stereocenters. The summed E-state index contributed by atoms with van der Waals surface area (Å²) in [5.74, 6) is -4.03. The minimum absolute atomic E-state index is 0. The van der Waals surface area contributed by atoms with Crippen molar-refractivity contribution in [2.24, 2.45) is 5.73 Å². The first-order valence-electron chi connectivity index (χ1n) is 5.65. The second kappa shape index (κ2) is 7.56. The topological polar surface area (TPSA) is 55.1 Å². The van der Waals surface area contributed by atoms with Crippen LogP contribution in [0.25, 0.3) is 0 Å². The normalized spacial score (nSPS) is 11.7. The molecule has 9 heteroatoms. The summed E-state index contributed by atoms with van der Waals surface area (Å²) in [5.41, 5.74) is 3.98. The van der Waals surface area contributed by atoms with Gasteiger partial charge < -0.3 is 11.1 Å². The first-order valence-corrected chi connectivity index (χ1v) is 5.65. The predicted octanol–water partition coefficient (Wildman–Crippen LogP) is 2.38. The number of halogens is 6. The Balaban J connectivity index is 0.00000400. The van der Waals surface area contributed by atoms with Gasteiger partial charge in [-0.25, -0.2) is 8.78 Å². The SMILES string of the molecule is Cl.NCC(F)(F)CNC(=O)Cc1cccc(C(F)(F)F)c1. The molecule has 0 atom stereocenters. The van der Waals surface area contributed by atoms with Gasteiger partial charge in [0, 0.05) is 0 Å². The number of amides is 1.